The van der Waals surface area contributed by atoms with Crippen molar-refractivity contribution >= 4 is 22.6 Å². The van der Waals surface area contributed by atoms with Crippen molar-refractivity contribution in [2.45, 2.75) is 6.42 Å². The molecular formula is C15H19N5O3. The van der Waals surface area contributed by atoms with E-state index in [-0.39, 0.29) is 23.6 Å². The zero-order valence-electron chi connectivity index (χ0n) is 13.3. The first kappa shape index (κ1) is 16.6. The van der Waals surface area contributed by atoms with Gasteiger partial charge in [0, 0.05) is 25.4 Å². The van der Waals surface area contributed by atoms with Crippen molar-refractivity contribution in [2.75, 3.05) is 20.6 Å². The van der Waals surface area contributed by atoms with Crippen LogP contribution in [0.2, 0.25) is 0 Å². The molecule has 0 aliphatic rings. The molecule has 0 saturated carbocycles. The second-order valence-corrected chi connectivity index (χ2v) is 5.38. The lowest BCUT2D eigenvalue weighted by Crippen LogP contribution is -2.43. The summed E-state index contributed by atoms with van der Waals surface area (Å²) in [6.45, 7) is 0.572. The van der Waals surface area contributed by atoms with E-state index in [1.54, 1.807) is 24.3 Å². The first-order valence-electron chi connectivity index (χ1n) is 7.10. The number of hydrogen-bond donors (Lipinski definition) is 2. The normalized spacial score (nSPS) is 10.8. The Hall–Kier alpha value is -2.74. The molecule has 0 saturated heterocycles. The highest BCUT2D eigenvalue weighted by molar-refractivity contribution is 6.05. The smallest absolute Gasteiger partial charge is 0.290 e. The van der Waals surface area contributed by atoms with Crippen molar-refractivity contribution < 1.29 is 9.59 Å². The van der Waals surface area contributed by atoms with E-state index in [0.29, 0.717) is 17.3 Å². The lowest BCUT2D eigenvalue weighted by Gasteiger charge is -2.11. The van der Waals surface area contributed by atoms with Crippen LogP contribution in [0.15, 0.2) is 29.1 Å². The van der Waals surface area contributed by atoms with Crippen LogP contribution in [0, 0.1) is 0 Å². The van der Waals surface area contributed by atoms with Crippen molar-refractivity contribution in [3.8, 4) is 0 Å². The SMILES string of the molecule is CN(C)CCC(=O)NNC(=O)c1nn(C)c(=O)c2ccccc12. The lowest BCUT2D eigenvalue weighted by molar-refractivity contribution is -0.122. The number of aryl methyl sites for hydroxylation is 1. The molecule has 23 heavy (non-hydrogen) atoms. The highest BCUT2D eigenvalue weighted by atomic mass is 16.2. The topological polar surface area (TPSA) is 96.3 Å². The number of nitrogens with zero attached hydrogens (tertiary/aromatic N) is 3. The van der Waals surface area contributed by atoms with Gasteiger partial charge in [0.25, 0.3) is 11.5 Å². The van der Waals surface area contributed by atoms with Gasteiger partial charge in [0.1, 0.15) is 0 Å². The summed E-state index contributed by atoms with van der Waals surface area (Å²) < 4.78 is 1.10. The molecule has 1 heterocycles. The van der Waals surface area contributed by atoms with Gasteiger partial charge in [-0.1, -0.05) is 18.2 Å². The van der Waals surface area contributed by atoms with E-state index in [2.05, 4.69) is 16.0 Å². The number of hydrazine groups is 1. The maximum Gasteiger partial charge on any atom is 0.290 e. The summed E-state index contributed by atoms with van der Waals surface area (Å²) in [4.78, 5) is 37.8. The van der Waals surface area contributed by atoms with E-state index < -0.39 is 5.91 Å². The van der Waals surface area contributed by atoms with Crippen molar-refractivity contribution in [2.24, 2.45) is 7.05 Å². The van der Waals surface area contributed by atoms with Gasteiger partial charge < -0.3 is 4.90 Å². The molecule has 2 amide bonds. The third-order valence-electron chi connectivity index (χ3n) is 3.27. The Kier molecular flexibility index (Phi) is 5.07. The molecule has 0 atom stereocenters. The van der Waals surface area contributed by atoms with Crippen LogP contribution in [0.3, 0.4) is 0 Å². The first-order chi connectivity index (χ1) is 10.9. The fourth-order valence-corrected chi connectivity index (χ4v) is 2.04. The number of amides is 2. The predicted molar refractivity (Wildman–Crippen MR) is 85.8 cm³/mol. The van der Waals surface area contributed by atoms with Gasteiger partial charge in [-0.2, -0.15) is 5.10 Å². The maximum absolute atomic E-state index is 12.3. The Labute approximate surface area is 133 Å². The van der Waals surface area contributed by atoms with Crippen molar-refractivity contribution in [3.63, 3.8) is 0 Å². The van der Waals surface area contributed by atoms with Crippen LogP contribution in [-0.4, -0.2) is 47.1 Å². The fourth-order valence-electron chi connectivity index (χ4n) is 2.04. The molecule has 1 aromatic carbocycles. The molecule has 0 spiro atoms. The van der Waals surface area contributed by atoms with Crippen LogP contribution < -0.4 is 16.4 Å². The Morgan fingerprint density at radius 1 is 1.17 bits per heavy atom. The molecule has 0 unspecified atom stereocenters. The second kappa shape index (κ2) is 7.01. The average Bonchev–Trinajstić information content (AvgIpc) is 2.54. The number of nitrogens with one attached hydrogen (secondary N) is 2. The summed E-state index contributed by atoms with van der Waals surface area (Å²) in [5, 5.41) is 4.82. The number of rotatable bonds is 4. The summed E-state index contributed by atoms with van der Waals surface area (Å²) in [5.41, 5.74) is 4.46. The minimum Gasteiger partial charge on any atom is -0.309 e. The molecule has 0 aliphatic heterocycles. The monoisotopic (exact) mass is 317 g/mol. The fraction of sp³-hybridized carbons (Fsp3) is 0.333. The maximum atomic E-state index is 12.3. The third-order valence-corrected chi connectivity index (χ3v) is 3.27. The summed E-state index contributed by atoms with van der Waals surface area (Å²) >= 11 is 0. The lowest BCUT2D eigenvalue weighted by atomic mass is 10.1. The van der Waals surface area contributed by atoms with Crippen LogP contribution in [0.4, 0.5) is 0 Å². The summed E-state index contributed by atoms with van der Waals surface area (Å²) in [5.74, 6) is -0.879. The highest BCUT2D eigenvalue weighted by Gasteiger charge is 2.16. The summed E-state index contributed by atoms with van der Waals surface area (Å²) in [7, 11) is 5.18. The molecule has 8 nitrogen and oxygen atoms in total. The molecule has 122 valence electrons. The molecular weight excluding hydrogens is 298 g/mol. The van der Waals surface area contributed by atoms with Gasteiger partial charge >= 0.3 is 0 Å². The van der Waals surface area contributed by atoms with E-state index in [1.807, 2.05) is 19.0 Å². The van der Waals surface area contributed by atoms with Crippen LogP contribution >= 0.6 is 0 Å². The predicted octanol–water partition coefficient (Wildman–Crippen LogP) is -0.354. The molecule has 0 aliphatic carbocycles. The summed E-state index contributed by atoms with van der Waals surface area (Å²) in [6.07, 6.45) is 0.259. The molecule has 0 bridgehead atoms. The highest BCUT2D eigenvalue weighted by Crippen LogP contribution is 2.12. The largest absolute Gasteiger partial charge is 0.309 e. The van der Waals surface area contributed by atoms with Crippen LogP contribution in [0.25, 0.3) is 10.8 Å². The van der Waals surface area contributed by atoms with E-state index in [4.69, 9.17) is 0 Å². The number of fused-ring (bicyclic) bond motifs is 1. The van der Waals surface area contributed by atoms with Crippen LogP contribution in [0.5, 0.6) is 0 Å². The number of carbonyl (C=O) groups excluding carboxylic acids is 2. The molecule has 8 heteroatoms. The first-order valence-corrected chi connectivity index (χ1v) is 7.10. The zero-order chi connectivity index (χ0) is 17.0. The zero-order valence-corrected chi connectivity index (χ0v) is 13.3. The number of benzene rings is 1. The van der Waals surface area contributed by atoms with E-state index in [1.165, 1.54) is 7.05 Å². The van der Waals surface area contributed by atoms with Crippen molar-refractivity contribution in [3.05, 3.63) is 40.3 Å². The van der Waals surface area contributed by atoms with Crippen LogP contribution in [0.1, 0.15) is 16.9 Å². The van der Waals surface area contributed by atoms with Crippen LogP contribution in [-0.2, 0) is 11.8 Å². The average molecular weight is 317 g/mol. The van der Waals surface area contributed by atoms with Gasteiger partial charge in [0.05, 0.1) is 5.39 Å². The van der Waals surface area contributed by atoms with Gasteiger partial charge in [-0.05, 0) is 20.2 Å². The number of carbonyl (C=O) groups is 2. The molecule has 2 N–H and O–H groups in total. The quantitative estimate of drug-likeness (QED) is 0.751. The Morgan fingerprint density at radius 3 is 2.48 bits per heavy atom. The van der Waals surface area contributed by atoms with E-state index in [9.17, 15) is 14.4 Å². The molecule has 1 aromatic heterocycles. The Balaban J connectivity index is 2.17. The molecule has 2 rings (SSSR count). The molecule has 2 aromatic rings. The molecule has 0 radical (unpaired) electrons. The minimum atomic E-state index is -0.574. The third kappa shape index (κ3) is 3.92. The minimum absolute atomic E-state index is 0.0793. The van der Waals surface area contributed by atoms with Gasteiger partial charge in [-0.15, -0.1) is 0 Å². The van der Waals surface area contributed by atoms with Gasteiger partial charge in [-0.25, -0.2) is 4.68 Å². The standard InChI is InChI=1S/C15H19N5O3/c1-19(2)9-8-12(21)16-17-14(22)13-10-6-4-5-7-11(10)15(23)20(3)18-13/h4-7H,8-9H2,1-3H3,(H,16,21)(H,17,22). The van der Waals surface area contributed by atoms with Gasteiger partial charge in [0.2, 0.25) is 5.91 Å². The van der Waals surface area contributed by atoms with E-state index in [0.717, 1.165) is 4.68 Å². The van der Waals surface area contributed by atoms with Crippen molar-refractivity contribution in [1.29, 1.82) is 0 Å². The Morgan fingerprint density at radius 2 is 1.83 bits per heavy atom. The van der Waals surface area contributed by atoms with E-state index >= 15 is 0 Å². The number of aromatic nitrogens is 2. The second-order valence-electron chi connectivity index (χ2n) is 5.38. The van der Waals surface area contributed by atoms with Crippen molar-refractivity contribution in [1.82, 2.24) is 25.5 Å². The Bertz CT molecular complexity index is 797. The van der Waals surface area contributed by atoms with Gasteiger partial charge in [-0.3, -0.25) is 25.2 Å². The summed E-state index contributed by atoms with van der Waals surface area (Å²) in [6, 6.07) is 6.71. The number of hydrogen-bond acceptors (Lipinski definition) is 5. The van der Waals surface area contributed by atoms with Gasteiger partial charge in [0.15, 0.2) is 5.69 Å². The molecule has 0 fully saturated rings.